The topological polar surface area (TPSA) is 68.0 Å². The summed E-state index contributed by atoms with van der Waals surface area (Å²) in [6.07, 6.45) is 2.51. The van der Waals surface area contributed by atoms with Crippen LogP contribution in [0, 0.1) is 0 Å². The quantitative estimate of drug-likeness (QED) is 0.537. The van der Waals surface area contributed by atoms with Crippen LogP contribution in [0.15, 0.2) is 59.1 Å². The monoisotopic (exact) mass is 435 g/mol. The number of carbonyl (C=O) groups excluding carboxylic acids is 1. The van der Waals surface area contributed by atoms with Crippen LogP contribution in [-0.4, -0.2) is 56.3 Å². The summed E-state index contributed by atoms with van der Waals surface area (Å²) >= 11 is 0. The molecule has 3 aromatic rings. The van der Waals surface area contributed by atoms with Crippen molar-refractivity contribution in [1.82, 2.24) is 9.88 Å². The summed E-state index contributed by atoms with van der Waals surface area (Å²) in [7, 11) is 3.48. The molecule has 2 heterocycles. The zero-order valence-corrected chi connectivity index (χ0v) is 18.6. The Bertz CT molecular complexity index is 1030. The number of hydrogen-bond acceptors (Lipinski definition) is 6. The fraction of sp³-hybridized carbons (Fsp3) is 0.360. The van der Waals surface area contributed by atoms with E-state index in [0.717, 1.165) is 43.2 Å². The summed E-state index contributed by atoms with van der Waals surface area (Å²) in [5, 5.41) is 0. The molecule has 2 aromatic carbocycles. The molecular formula is C25H29N3O4. The third kappa shape index (κ3) is 5.29. The van der Waals surface area contributed by atoms with E-state index in [1.54, 1.807) is 18.2 Å². The van der Waals surface area contributed by atoms with Crippen LogP contribution >= 0.6 is 0 Å². The number of methoxy groups -OCH3 is 1. The molecule has 0 bridgehead atoms. The summed E-state index contributed by atoms with van der Waals surface area (Å²) in [6.45, 7) is 3.77. The van der Waals surface area contributed by atoms with Crippen molar-refractivity contribution < 1.29 is 18.7 Å². The number of aromatic nitrogens is 1. The summed E-state index contributed by atoms with van der Waals surface area (Å²) in [4.78, 5) is 21.2. The van der Waals surface area contributed by atoms with Crippen molar-refractivity contribution in [3.05, 3.63) is 66.2 Å². The summed E-state index contributed by atoms with van der Waals surface area (Å²) in [5.74, 6) is 2.09. The van der Waals surface area contributed by atoms with Crippen LogP contribution in [0.2, 0.25) is 0 Å². The van der Waals surface area contributed by atoms with E-state index in [-0.39, 0.29) is 5.91 Å². The van der Waals surface area contributed by atoms with Gasteiger partial charge >= 0.3 is 0 Å². The van der Waals surface area contributed by atoms with Gasteiger partial charge in [0.25, 0.3) is 0 Å². The predicted molar refractivity (Wildman–Crippen MR) is 123 cm³/mol. The molecule has 4 rings (SSSR count). The van der Waals surface area contributed by atoms with Crippen molar-refractivity contribution in [1.29, 1.82) is 0 Å². The molecule has 168 valence electrons. The number of benzene rings is 2. The van der Waals surface area contributed by atoms with Crippen LogP contribution in [0.5, 0.6) is 5.75 Å². The van der Waals surface area contributed by atoms with Crippen molar-refractivity contribution in [2.45, 2.75) is 19.4 Å². The van der Waals surface area contributed by atoms with Crippen molar-refractivity contribution in [3.63, 3.8) is 0 Å². The van der Waals surface area contributed by atoms with Gasteiger partial charge in [0.2, 0.25) is 5.91 Å². The number of hydrogen-bond donors (Lipinski definition) is 0. The molecule has 1 amide bonds. The molecule has 0 radical (unpaired) electrons. The van der Waals surface area contributed by atoms with Crippen molar-refractivity contribution >= 4 is 11.6 Å². The van der Waals surface area contributed by atoms with E-state index in [2.05, 4.69) is 22.0 Å². The molecule has 1 fully saturated rings. The molecule has 0 spiro atoms. The Morgan fingerprint density at radius 2 is 1.88 bits per heavy atom. The van der Waals surface area contributed by atoms with Crippen LogP contribution in [0.4, 0.5) is 5.69 Å². The lowest BCUT2D eigenvalue weighted by Crippen LogP contribution is -2.37. The van der Waals surface area contributed by atoms with Crippen LogP contribution < -0.4 is 9.64 Å². The number of rotatable bonds is 8. The van der Waals surface area contributed by atoms with E-state index in [4.69, 9.17) is 13.9 Å². The lowest BCUT2D eigenvalue weighted by molar-refractivity contribution is -0.130. The second-order valence-corrected chi connectivity index (χ2v) is 7.82. The Labute approximate surface area is 188 Å². The first-order chi connectivity index (χ1) is 15.6. The highest BCUT2D eigenvalue weighted by atomic mass is 16.5. The Hall–Kier alpha value is -3.32. The summed E-state index contributed by atoms with van der Waals surface area (Å²) in [6, 6.07) is 15.9. The molecule has 1 aliphatic heterocycles. The highest BCUT2D eigenvalue weighted by Crippen LogP contribution is 2.25. The largest absolute Gasteiger partial charge is 0.497 e. The van der Waals surface area contributed by atoms with E-state index < -0.39 is 0 Å². The standard InChI is InChI=1S/C25H29N3O4/c1-27(18-20-5-3-4-6-22(20)28-13-15-31-16-14-28)25(29)12-11-24-26-17-23(32-24)19-7-9-21(30-2)10-8-19/h3-10,17H,11-16,18H2,1-2H3. The third-order valence-electron chi connectivity index (χ3n) is 5.66. The van der Waals surface area contributed by atoms with Gasteiger partial charge < -0.3 is 23.7 Å². The average molecular weight is 436 g/mol. The van der Waals surface area contributed by atoms with Crippen LogP contribution in [-0.2, 0) is 22.5 Å². The SMILES string of the molecule is COc1ccc(-c2cnc(CCC(=O)N(C)Cc3ccccc3N3CCOCC3)o2)cc1. The lowest BCUT2D eigenvalue weighted by atomic mass is 10.1. The maximum Gasteiger partial charge on any atom is 0.223 e. The van der Waals surface area contributed by atoms with Gasteiger partial charge in [-0.25, -0.2) is 4.98 Å². The first-order valence-electron chi connectivity index (χ1n) is 10.9. The maximum atomic E-state index is 12.8. The van der Waals surface area contributed by atoms with Gasteiger partial charge in [-0.1, -0.05) is 18.2 Å². The van der Waals surface area contributed by atoms with E-state index in [0.29, 0.717) is 31.0 Å². The highest BCUT2D eigenvalue weighted by molar-refractivity contribution is 5.76. The van der Waals surface area contributed by atoms with Gasteiger partial charge in [0.1, 0.15) is 5.75 Å². The first kappa shape index (κ1) is 21.9. The van der Waals surface area contributed by atoms with Gasteiger partial charge in [0.15, 0.2) is 11.7 Å². The molecule has 1 aliphatic rings. The third-order valence-corrected chi connectivity index (χ3v) is 5.66. The molecule has 1 saturated heterocycles. The number of carbonyl (C=O) groups is 1. The first-order valence-corrected chi connectivity index (χ1v) is 10.9. The molecule has 0 saturated carbocycles. The van der Waals surface area contributed by atoms with Crippen LogP contribution in [0.25, 0.3) is 11.3 Å². The minimum atomic E-state index is 0.0611. The number of para-hydroxylation sites is 1. The smallest absolute Gasteiger partial charge is 0.223 e. The number of aryl methyl sites for hydroxylation is 1. The number of amides is 1. The highest BCUT2D eigenvalue weighted by Gasteiger charge is 2.17. The van der Waals surface area contributed by atoms with Crippen LogP contribution in [0.1, 0.15) is 17.9 Å². The Morgan fingerprint density at radius 1 is 1.12 bits per heavy atom. The van der Waals surface area contributed by atoms with Gasteiger partial charge in [0, 0.05) is 50.8 Å². The van der Waals surface area contributed by atoms with E-state index in [1.165, 1.54) is 5.69 Å². The van der Waals surface area contributed by atoms with Crippen molar-refractivity contribution in [3.8, 4) is 17.1 Å². The Kier molecular flexibility index (Phi) is 7.07. The number of ether oxygens (including phenoxy) is 2. The zero-order valence-electron chi connectivity index (χ0n) is 18.6. The number of anilines is 1. The Morgan fingerprint density at radius 3 is 2.62 bits per heavy atom. The van der Waals surface area contributed by atoms with Crippen LogP contribution in [0.3, 0.4) is 0 Å². The van der Waals surface area contributed by atoms with Gasteiger partial charge in [-0.2, -0.15) is 0 Å². The fourth-order valence-corrected chi connectivity index (χ4v) is 3.82. The van der Waals surface area contributed by atoms with E-state index in [1.807, 2.05) is 43.4 Å². The second-order valence-electron chi connectivity index (χ2n) is 7.82. The summed E-state index contributed by atoms with van der Waals surface area (Å²) < 4.78 is 16.5. The lowest BCUT2D eigenvalue weighted by Gasteiger charge is -2.31. The van der Waals surface area contributed by atoms with Gasteiger partial charge in [-0.3, -0.25) is 4.79 Å². The maximum absolute atomic E-state index is 12.8. The molecular weight excluding hydrogens is 406 g/mol. The molecule has 0 N–H and O–H groups in total. The van der Waals surface area contributed by atoms with Gasteiger partial charge in [0.05, 0.1) is 26.5 Å². The number of nitrogens with zero attached hydrogens (tertiary/aromatic N) is 3. The average Bonchev–Trinajstić information content (AvgIpc) is 3.32. The molecule has 7 nitrogen and oxygen atoms in total. The zero-order chi connectivity index (χ0) is 22.3. The van der Waals surface area contributed by atoms with Gasteiger partial charge in [-0.05, 0) is 35.9 Å². The normalized spacial score (nSPS) is 13.8. The molecule has 1 aromatic heterocycles. The molecule has 0 atom stereocenters. The second kappa shape index (κ2) is 10.3. The predicted octanol–water partition coefficient (Wildman–Crippen LogP) is 3.78. The van der Waals surface area contributed by atoms with Gasteiger partial charge in [-0.15, -0.1) is 0 Å². The molecule has 0 aliphatic carbocycles. The van der Waals surface area contributed by atoms with E-state index in [9.17, 15) is 4.79 Å². The molecule has 0 unspecified atom stereocenters. The number of oxazole rings is 1. The molecule has 7 heteroatoms. The minimum Gasteiger partial charge on any atom is -0.497 e. The molecule has 32 heavy (non-hydrogen) atoms. The van der Waals surface area contributed by atoms with Crippen molar-refractivity contribution in [2.24, 2.45) is 0 Å². The van der Waals surface area contributed by atoms with E-state index >= 15 is 0 Å². The Balaban J connectivity index is 1.33. The minimum absolute atomic E-state index is 0.0611. The number of morpholine rings is 1. The van der Waals surface area contributed by atoms with Crippen molar-refractivity contribution in [2.75, 3.05) is 45.4 Å². The summed E-state index contributed by atoms with van der Waals surface area (Å²) in [5.41, 5.74) is 3.24. The fourth-order valence-electron chi connectivity index (χ4n) is 3.82.